The van der Waals surface area contributed by atoms with Crippen molar-refractivity contribution < 1.29 is 27.5 Å². The van der Waals surface area contributed by atoms with E-state index in [0.29, 0.717) is 0 Å². The van der Waals surface area contributed by atoms with Gasteiger partial charge in [0, 0.05) is 30.7 Å². The maximum atomic E-state index is 13.3. The number of ether oxygens (including phenoxy) is 1. The van der Waals surface area contributed by atoms with E-state index in [9.17, 15) is 22.8 Å². The van der Waals surface area contributed by atoms with E-state index in [1.54, 1.807) is 6.92 Å². The van der Waals surface area contributed by atoms with E-state index in [-0.39, 0.29) is 35.3 Å². The number of rotatable bonds is 4. The SMILES string of the molecule is COc1cc(N2C[C@H](C)n3ncc(NC(=O)c4cnccn4)c3C2=O)ccc1C(F)(F)F. The first kappa shape index (κ1) is 21.3. The van der Waals surface area contributed by atoms with Crippen LogP contribution >= 0.6 is 0 Å². The minimum Gasteiger partial charge on any atom is -0.496 e. The van der Waals surface area contributed by atoms with Crippen LogP contribution < -0.4 is 15.0 Å². The van der Waals surface area contributed by atoms with Crippen molar-refractivity contribution >= 4 is 23.2 Å². The summed E-state index contributed by atoms with van der Waals surface area (Å²) in [6, 6.07) is 2.93. The maximum Gasteiger partial charge on any atom is 0.419 e. The lowest BCUT2D eigenvalue weighted by Crippen LogP contribution is -2.43. The second kappa shape index (κ2) is 7.94. The molecule has 0 saturated carbocycles. The number of halogens is 3. The monoisotopic (exact) mass is 446 g/mol. The van der Waals surface area contributed by atoms with E-state index < -0.39 is 29.3 Å². The van der Waals surface area contributed by atoms with Crippen molar-refractivity contribution in [3.8, 4) is 5.75 Å². The number of amides is 2. The van der Waals surface area contributed by atoms with Gasteiger partial charge < -0.3 is 15.0 Å². The molecule has 1 aliphatic heterocycles. The summed E-state index contributed by atoms with van der Waals surface area (Å²) in [4.78, 5) is 34.8. The van der Waals surface area contributed by atoms with Gasteiger partial charge in [0.15, 0.2) is 5.69 Å². The van der Waals surface area contributed by atoms with Crippen LogP contribution in [-0.2, 0) is 6.18 Å². The molecule has 32 heavy (non-hydrogen) atoms. The zero-order valence-corrected chi connectivity index (χ0v) is 16.9. The Hall–Kier alpha value is -3.96. The van der Waals surface area contributed by atoms with E-state index in [4.69, 9.17) is 4.74 Å². The topological polar surface area (TPSA) is 102 Å². The molecule has 0 fully saturated rings. The van der Waals surface area contributed by atoms with Gasteiger partial charge in [-0.2, -0.15) is 18.3 Å². The standard InChI is InChI=1S/C20H17F3N6O3/c1-11-10-28(12-3-4-13(20(21,22)23)16(7-12)32-2)19(31)17-14(9-26-29(11)17)27-18(30)15-8-24-5-6-25-15/h3-9,11H,10H2,1-2H3,(H,27,30)/t11-/m0/s1. The fourth-order valence-electron chi connectivity index (χ4n) is 3.46. The molecule has 2 aromatic heterocycles. The molecule has 0 bridgehead atoms. The van der Waals surface area contributed by atoms with Gasteiger partial charge in [0.25, 0.3) is 11.8 Å². The average Bonchev–Trinajstić information content (AvgIpc) is 3.20. The summed E-state index contributed by atoms with van der Waals surface area (Å²) in [5.74, 6) is -1.51. The number of nitrogens with zero attached hydrogens (tertiary/aromatic N) is 5. The molecule has 0 spiro atoms. The summed E-state index contributed by atoms with van der Waals surface area (Å²) in [5, 5.41) is 6.78. The summed E-state index contributed by atoms with van der Waals surface area (Å²) in [5.41, 5.74) is -0.414. The molecule has 12 heteroatoms. The average molecular weight is 446 g/mol. The first-order valence-corrected chi connectivity index (χ1v) is 9.42. The lowest BCUT2D eigenvalue weighted by molar-refractivity contribution is -0.138. The first-order chi connectivity index (χ1) is 15.2. The number of benzene rings is 1. The Kier molecular flexibility index (Phi) is 5.28. The molecule has 2 amide bonds. The van der Waals surface area contributed by atoms with Crippen LogP contribution in [0.25, 0.3) is 0 Å². The molecule has 3 aromatic rings. The van der Waals surface area contributed by atoms with Crippen LogP contribution in [0.4, 0.5) is 24.5 Å². The Morgan fingerprint density at radius 1 is 1.25 bits per heavy atom. The molecular formula is C20H17F3N6O3. The van der Waals surface area contributed by atoms with Crippen molar-refractivity contribution in [2.75, 3.05) is 23.9 Å². The summed E-state index contributed by atoms with van der Waals surface area (Å²) < 4.78 is 46.0. The molecule has 9 nitrogen and oxygen atoms in total. The molecule has 0 unspecified atom stereocenters. The quantitative estimate of drug-likeness (QED) is 0.661. The van der Waals surface area contributed by atoms with Gasteiger partial charge in [-0.1, -0.05) is 0 Å². The summed E-state index contributed by atoms with van der Waals surface area (Å²) in [6.07, 6.45) is 0.792. The molecule has 0 aliphatic carbocycles. The van der Waals surface area contributed by atoms with Gasteiger partial charge in [0.05, 0.1) is 36.8 Å². The van der Waals surface area contributed by atoms with E-state index >= 15 is 0 Å². The highest BCUT2D eigenvalue weighted by Gasteiger charge is 2.37. The third-order valence-electron chi connectivity index (χ3n) is 4.95. The Balaban J connectivity index is 1.68. The Morgan fingerprint density at radius 3 is 2.69 bits per heavy atom. The summed E-state index contributed by atoms with van der Waals surface area (Å²) in [7, 11) is 1.13. The van der Waals surface area contributed by atoms with Crippen LogP contribution in [0, 0.1) is 0 Å². The Morgan fingerprint density at radius 2 is 2.03 bits per heavy atom. The summed E-state index contributed by atoms with van der Waals surface area (Å²) >= 11 is 0. The normalized spacial score (nSPS) is 16.0. The molecule has 0 radical (unpaired) electrons. The van der Waals surface area contributed by atoms with Crippen molar-refractivity contribution in [3.05, 3.63) is 59.9 Å². The zero-order chi connectivity index (χ0) is 23.0. The van der Waals surface area contributed by atoms with Gasteiger partial charge in [-0.25, -0.2) is 4.98 Å². The summed E-state index contributed by atoms with van der Waals surface area (Å²) in [6.45, 7) is 1.96. The van der Waals surface area contributed by atoms with E-state index in [2.05, 4.69) is 20.4 Å². The molecule has 166 valence electrons. The van der Waals surface area contributed by atoms with Crippen LogP contribution in [0.2, 0.25) is 0 Å². The molecule has 1 N–H and O–H groups in total. The number of nitrogens with one attached hydrogen (secondary N) is 1. The van der Waals surface area contributed by atoms with Crippen molar-refractivity contribution in [2.45, 2.75) is 19.1 Å². The minimum atomic E-state index is -4.60. The number of methoxy groups -OCH3 is 1. The van der Waals surface area contributed by atoms with Crippen LogP contribution in [0.5, 0.6) is 5.75 Å². The van der Waals surface area contributed by atoms with Crippen molar-refractivity contribution in [2.24, 2.45) is 0 Å². The van der Waals surface area contributed by atoms with Crippen LogP contribution in [0.15, 0.2) is 43.0 Å². The molecule has 1 aromatic carbocycles. The largest absolute Gasteiger partial charge is 0.496 e. The maximum absolute atomic E-state index is 13.3. The Labute approximate surface area is 179 Å². The third kappa shape index (κ3) is 3.74. The van der Waals surface area contributed by atoms with E-state index in [0.717, 1.165) is 19.2 Å². The number of aromatic nitrogens is 4. The lowest BCUT2D eigenvalue weighted by Gasteiger charge is -2.32. The van der Waals surface area contributed by atoms with E-state index in [1.807, 2.05) is 0 Å². The molecule has 0 saturated heterocycles. The Bertz CT molecular complexity index is 1180. The number of hydrogen-bond acceptors (Lipinski definition) is 6. The van der Waals surface area contributed by atoms with Crippen LogP contribution in [0.3, 0.4) is 0 Å². The first-order valence-electron chi connectivity index (χ1n) is 9.42. The van der Waals surface area contributed by atoms with Gasteiger partial charge in [-0.15, -0.1) is 0 Å². The van der Waals surface area contributed by atoms with Gasteiger partial charge in [-0.05, 0) is 19.1 Å². The highest BCUT2D eigenvalue weighted by molar-refractivity contribution is 6.12. The molecule has 4 rings (SSSR count). The number of carbonyl (C=O) groups is 2. The van der Waals surface area contributed by atoms with Gasteiger partial charge >= 0.3 is 6.18 Å². The van der Waals surface area contributed by atoms with Crippen LogP contribution in [-0.4, -0.2) is 45.2 Å². The predicted octanol–water partition coefficient (Wildman–Crippen LogP) is 3.17. The van der Waals surface area contributed by atoms with E-state index in [1.165, 1.54) is 40.4 Å². The third-order valence-corrected chi connectivity index (χ3v) is 4.95. The number of anilines is 2. The smallest absolute Gasteiger partial charge is 0.419 e. The van der Waals surface area contributed by atoms with Gasteiger partial charge in [0.2, 0.25) is 0 Å². The second-order valence-corrected chi connectivity index (χ2v) is 7.04. The lowest BCUT2D eigenvalue weighted by atomic mass is 10.1. The predicted molar refractivity (Wildman–Crippen MR) is 107 cm³/mol. The van der Waals surface area contributed by atoms with Crippen molar-refractivity contribution in [3.63, 3.8) is 0 Å². The number of carbonyl (C=O) groups excluding carboxylic acids is 2. The molecule has 3 heterocycles. The highest BCUT2D eigenvalue weighted by Crippen LogP contribution is 2.39. The van der Waals surface area contributed by atoms with Crippen molar-refractivity contribution in [1.82, 2.24) is 19.7 Å². The molecule has 1 atom stereocenters. The second-order valence-electron chi connectivity index (χ2n) is 7.04. The number of fused-ring (bicyclic) bond motifs is 1. The minimum absolute atomic E-state index is 0.0492. The highest BCUT2D eigenvalue weighted by atomic mass is 19.4. The van der Waals surface area contributed by atoms with Gasteiger partial charge in [0.1, 0.15) is 11.4 Å². The van der Waals surface area contributed by atoms with Gasteiger partial charge in [-0.3, -0.25) is 19.3 Å². The molecule has 1 aliphatic rings. The van der Waals surface area contributed by atoms with Crippen molar-refractivity contribution in [1.29, 1.82) is 0 Å². The zero-order valence-electron chi connectivity index (χ0n) is 16.9. The number of hydrogen-bond donors (Lipinski definition) is 1. The fourth-order valence-corrected chi connectivity index (χ4v) is 3.46. The van der Waals surface area contributed by atoms with Crippen LogP contribution in [0.1, 0.15) is 39.5 Å². The fraction of sp³-hybridized carbons (Fsp3) is 0.250. The molecular weight excluding hydrogens is 429 g/mol. The number of alkyl halides is 3.